The number of hydrogen-bond acceptors (Lipinski definition) is 1. The van der Waals surface area contributed by atoms with Gasteiger partial charge in [0.1, 0.15) is 5.82 Å². The van der Waals surface area contributed by atoms with Crippen molar-refractivity contribution in [2.45, 2.75) is 26.4 Å². The van der Waals surface area contributed by atoms with Crippen LogP contribution in [0.1, 0.15) is 30.6 Å². The third kappa shape index (κ3) is 1.83. The average molecular weight is 168 g/mol. The summed E-state index contributed by atoms with van der Waals surface area (Å²) in [4.78, 5) is 0. The second-order valence-corrected chi connectivity index (χ2v) is 2.95. The zero-order valence-electron chi connectivity index (χ0n) is 7.34. The molecule has 1 aromatic rings. The molecule has 0 unspecified atom stereocenters. The average Bonchev–Trinajstić information content (AvgIpc) is 2.03. The molecule has 0 fully saturated rings. The molecule has 0 amide bonds. The number of hydrogen-bond donors (Lipinski definition) is 1. The number of rotatable bonds is 2. The van der Waals surface area contributed by atoms with Crippen molar-refractivity contribution in [2.24, 2.45) is 0 Å². The van der Waals surface area contributed by atoms with Gasteiger partial charge in [0.2, 0.25) is 0 Å². The normalized spacial score (nSPS) is 13.0. The molecule has 0 saturated heterocycles. The second-order valence-electron chi connectivity index (χ2n) is 2.95. The smallest absolute Gasteiger partial charge is 0.129 e. The van der Waals surface area contributed by atoms with E-state index in [-0.39, 0.29) is 5.82 Å². The van der Waals surface area contributed by atoms with Gasteiger partial charge in [-0.3, -0.25) is 0 Å². The molecule has 0 spiro atoms. The highest BCUT2D eigenvalue weighted by molar-refractivity contribution is 5.24. The molecule has 0 aromatic heterocycles. The van der Waals surface area contributed by atoms with Gasteiger partial charge in [-0.05, 0) is 25.0 Å². The van der Waals surface area contributed by atoms with Crippen LogP contribution in [0.2, 0.25) is 0 Å². The lowest BCUT2D eigenvalue weighted by atomic mass is 10.1. The topological polar surface area (TPSA) is 20.2 Å². The second kappa shape index (κ2) is 3.68. The number of aliphatic hydroxyl groups excluding tert-OH is 1. The minimum atomic E-state index is -0.675. The van der Waals surface area contributed by atoms with Crippen molar-refractivity contribution in [1.82, 2.24) is 0 Å². The van der Waals surface area contributed by atoms with Gasteiger partial charge >= 0.3 is 0 Å². The Balaban J connectivity index is 3.01. The van der Waals surface area contributed by atoms with Crippen molar-refractivity contribution < 1.29 is 9.50 Å². The summed E-state index contributed by atoms with van der Waals surface area (Å²) in [5.41, 5.74) is 1.27. The van der Waals surface area contributed by atoms with Crippen LogP contribution in [0.4, 0.5) is 4.39 Å². The van der Waals surface area contributed by atoms with Crippen LogP contribution in [0, 0.1) is 12.7 Å². The molecule has 0 aliphatic heterocycles. The van der Waals surface area contributed by atoms with E-state index in [1.54, 1.807) is 12.1 Å². The molecule has 0 aliphatic carbocycles. The third-order valence-electron chi connectivity index (χ3n) is 1.90. The number of benzene rings is 1. The van der Waals surface area contributed by atoms with Crippen LogP contribution in [0.3, 0.4) is 0 Å². The first kappa shape index (κ1) is 9.20. The van der Waals surface area contributed by atoms with Crippen LogP contribution in [0.15, 0.2) is 18.2 Å². The Hall–Kier alpha value is -0.890. The van der Waals surface area contributed by atoms with Crippen molar-refractivity contribution in [2.75, 3.05) is 0 Å². The fourth-order valence-corrected chi connectivity index (χ4v) is 1.12. The van der Waals surface area contributed by atoms with Gasteiger partial charge in [-0.15, -0.1) is 0 Å². The molecular formula is C10H13FO. The zero-order chi connectivity index (χ0) is 9.14. The van der Waals surface area contributed by atoms with Crippen molar-refractivity contribution in [3.63, 3.8) is 0 Å². The zero-order valence-corrected chi connectivity index (χ0v) is 7.34. The predicted molar refractivity (Wildman–Crippen MR) is 46.4 cm³/mol. The van der Waals surface area contributed by atoms with E-state index in [0.29, 0.717) is 12.0 Å². The molecule has 0 radical (unpaired) electrons. The van der Waals surface area contributed by atoms with E-state index in [1.807, 2.05) is 13.8 Å². The molecule has 12 heavy (non-hydrogen) atoms. The highest BCUT2D eigenvalue weighted by Gasteiger charge is 2.09. The molecule has 66 valence electrons. The summed E-state index contributed by atoms with van der Waals surface area (Å²) in [7, 11) is 0. The summed E-state index contributed by atoms with van der Waals surface area (Å²) in [6.45, 7) is 3.65. The Kier molecular flexibility index (Phi) is 2.82. The van der Waals surface area contributed by atoms with E-state index in [0.717, 1.165) is 5.56 Å². The number of aliphatic hydroxyl groups is 1. The maximum absolute atomic E-state index is 13.1. The molecule has 0 saturated carbocycles. The Labute approximate surface area is 71.9 Å². The fraction of sp³-hybridized carbons (Fsp3) is 0.400. The maximum Gasteiger partial charge on any atom is 0.129 e. The predicted octanol–water partition coefficient (Wildman–Crippen LogP) is 2.58. The van der Waals surface area contributed by atoms with Gasteiger partial charge in [0.05, 0.1) is 6.10 Å². The van der Waals surface area contributed by atoms with E-state index >= 15 is 0 Å². The first-order valence-electron chi connectivity index (χ1n) is 4.09. The quantitative estimate of drug-likeness (QED) is 0.719. The molecule has 0 aliphatic rings. The molecule has 0 heterocycles. The summed E-state index contributed by atoms with van der Waals surface area (Å²) >= 11 is 0. The molecule has 2 heteroatoms. The standard InChI is InChI=1S/C10H13FO/c1-3-10(12)8-5-4-7(2)6-9(8)11/h4-6,10,12H,3H2,1-2H3/t10-/m1/s1. The maximum atomic E-state index is 13.1. The van der Waals surface area contributed by atoms with Crippen molar-refractivity contribution >= 4 is 0 Å². The summed E-state index contributed by atoms with van der Waals surface area (Å²) < 4.78 is 13.1. The first-order valence-corrected chi connectivity index (χ1v) is 4.09. The minimum Gasteiger partial charge on any atom is -0.388 e. The SMILES string of the molecule is CC[C@@H](O)c1ccc(C)cc1F. The van der Waals surface area contributed by atoms with Crippen molar-refractivity contribution in [3.8, 4) is 0 Å². The van der Waals surface area contributed by atoms with Crippen LogP contribution >= 0.6 is 0 Å². The van der Waals surface area contributed by atoms with Crippen molar-refractivity contribution in [3.05, 3.63) is 35.1 Å². The molecule has 1 atom stereocenters. The van der Waals surface area contributed by atoms with E-state index in [2.05, 4.69) is 0 Å². The van der Waals surface area contributed by atoms with Gasteiger partial charge in [-0.25, -0.2) is 4.39 Å². The van der Waals surface area contributed by atoms with E-state index in [4.69, 9.17) is 0 Å². The Morgan fingerprint density at radius 3 is 2.67 bits per heavy atom. The fourth-order valence-electron chi connectivity index (χ4n) is 1.12. The minimum absolute atomic E-state index is 0.315. The van der Waals surface area contributed by atoms with Gasteiger partial charge in [0.25, 0.3) is 0 Å². The molecule has 0 bridgehead atoms. The lowest BCUT2D eigenvalue weighted by Gasteiger charge is -2.09. The lowest BCUT2D eigenvalue weighted by molar-refractivity contribution is 0.169. The summed E-state index contributed by atoms with van der Waals surface area (Å²) in [5, 5.41) is 9.36. The number of halogens is 1. The summed E-state index contributed by atoms with van der Waals surface area (Å²) in [5.74, 6) is -0.315. The molecular weight excluding hydrogens is 155 g/mol. The van der Waals surface area contributed by atoms with Crippen LogP contribution < -0.4 is 0 Å². The van der Waals surface area contributed by atoms with E-state index in [1.165, 1.54) is 6.07 Å². The van der Waals surface area contributed by atoms with Crippen LogP contribution in [-0.2, 0) is 0 Å². The van der Waals surface area contributed by atoms with Gasteiger partial charge in [-0.1, -0.05) is 19.1 Å². The van der Waals surface area contributed by atoms with E-state index in [9.17, 15) is 9.50 Å². The largest absolute Gasteiger partial charge is 0.388 e. The molecule has 1 nitrogen and oxygen atoms in total. The molecule has 1 rings (SSSR count). The van der Waals surface area contributed by atoms with Gasteiger partial charge in [-0.2, -0.15) is 0 Å². The third-order valence-corrected chi connectivity index (χ3v) is 1.90. The van der Waals surface area contributed by atoms with Gasteiger partial charge in [0, 0.05) is 5.56 Å². The molecule has 1 N–H and O–H groups in total. The number of aryl methyl sites for hydroxylation is 1. The first-order chi connectivity index (χ1) is 5.65. The van der Waals surface area contributed by atoms with Crippen LogP contribution in [0.5, 0.6) is 0 Å². The molecule has 1 aromatic carbocycles. The Morgan fingerprint density at radius 2 is 2.17 bits per heavy atom. The van der Waals surface area contributed by atoms with Crippen LogP contribution in [0.25, 0.3) is 0 Å². The summed E-state index contributed by atoms with van der Waals surface area (Å²) in [6, 6.07) is 4.88. The highest BCUT2D eigenvalue weighted by Crippen LogP contribution is 2.20. The van der Waals surface area contributed by atoms with Gasteiger partial charge in [0.15, 0.2) is 0 Å². The van der Waals surface area contributed by atoms with Crippen molar-refractivity contribution in [1.29, 1.82) is 0 Å². The Bertz CT molecular complexity index is 271. The van der Waals surface area contributed by atoms with Gasteiger partial charge < -0.3 is 5.11 Å². The highest BCUT2D eigenvalue weighted by atomic mass is 19.1. The van der Waals surface area contributed by atoms with Crippen LogP contribution in [-0.4, -0.2) is 5.11 Å². The van der Waals surface area contributed by atoms with E-state index < -0.39 is 6.10 Å². The lowest BCUT2D eigenvalue weighted by Crippen LogP contribution is -1.98. The monoisotopic (exact) mass is 168 g/mol. The summed E-state index contributed by atoms with van der Waals surface area (Å²) in [6.07, 6.45) is -0.134. The Morgan fingerprint density at radius 1 is 1.50 bits per heavy atom.